The van der Waals surface area contributed by atoms with Gasteiger partial charge >= 0.3 is 0 Å². The van der Waals surface area contributed by atoms with Crippen LogP contribution < -0.4 is 0 Å². The van der Waals surface area contributed by atoms with Crippen molar-refractivity contribution in [3.63, 3.8) is 0 Å². The van der Waals surface area contributed by atoms with E-state index in [2.05, 4.69) is 25.9 Å². The lowest BCUT2D eigenvalue weighted by atomic mass is 10.1. The van der Waals surface area contributed by atoms with Crippen LogP contribution in [-0.4, -0.2) is 24.5 Å². The normalized spacial score (nSPS) is 19.0. The number of hydrogen-bond donors (Lipinski definition) is 0. The molecule has 0 N–H and O–H groups in total. The summed E-state index contributed by atoms with van der Waals surface area (Å²) in [5, 5.41) is 8.55. The Morgan fingerprint density at radius 1 is 1.22 bits per heavy atom. The van der Waals surface area contributed by atoms with E-state index in [1.807, 2.05) is 35.4 Å². The van der Waals surface area contributed by atoms with Gasteiger partial charge in [0, 0.05) is 11.9 Å². The lowest BCUT2D eigenvalue weighted by molar-refractivity contribution is 0.327. The second-order valence-electron chi connectivity index (χ2n) is 4.69. The van der Waals surface area contributed by atoms with Crippen LogP contribution in [0.3, 0.4) is 0 Å². The molecule has 5 heteroatoms. The Balaban J connectivity index is 1.90. The smallest absolute Gasteiger partial charge is 0.130 e. The monoisotopic (exact) mass is 239 g/mol. The van der Waals surface area contributed by atoms with Crippen LogP contribution in [0.15, 0.2) is 36.8 Å². The first kappa shape index (κ1) is 9.82. The molecular formula is C13H13N5. The minimum Gasteiger partial charge on any atom is -0.312 e. The minimum absolute atomic E-state index is 0.212. The summed E-state index contributed by atoms with van der Waals surface area (Å²) in [4.78, 5) is 4.25. The largest absolute Gasteiger partial charge is 0.312 e. The van der Waals surface area contributed by atoms with Crippen LogP contribution in [0.1, 0.15) is 24.7 Å². The molecule has 0 fully saturated rings. The Morgan fingerprint density at radius 3 is 3.17 bits per heavy atom. The van der Waals surface area contributed by atoms with Gasteiger partial charge in [0.25, 0.3) is 0 Å². The van der Waals surface area contributed by atoms with E-state index >= 15 is 0 Å². The number of benzene rings is 1. The molecule has 5 nitrogen and oxygen atoms in total. The van der Waals surface area contributed by atoms with Crippen molar-refractivity contribution in [2.24, 2.45) is 0 Å². The molecule has 0 aliphatic carbocycles. The zero-order valence-electron chi connectivity index (χ0n) is 9.90. The number of nitrogens with zero attached hydrogens (tertiary/aromatic N) is 5. The van der Waals surface area contributed by atoms with E-state index < -0.39 is 0 Å². The molecule has 0 amide bonds. The number of rotatable bonds is 1. The molecule has 0 saturated heterocycles. The van der Waals surface area contributed by atoms with E-state index in [0.717, 1.165) is 23.9 Å². The first-order valence-electron chi connectivity index (χ1n) is 6.24. The van der Waals surface area contributed by atoms with Gasteiger partial charge in [-0.2, -0.15) is 0 Å². The number of aryl methyl sites for hydroxylation is 1. The molecule has 0 spiro atoms. The van der Waals surface area contributed by atoms with E-state index in [-0.39, 0.29) is 6.17 Å². The number of imidazole rings is 1. The van der Waals surface area contributed by atoms with E-state index in [0.29, 0.717) is 0 Å². The van der Waals surface area contributed by atoms with Crippen molar-refractivity contribution < 1.29 is 0 Å². The predicted octanol–water partition coefficient (Wildman–Crippen LogP) is 2.01. The Bertz CT molecular complexity index is 696. The van der Waals surface area contributed by atoms with Crippen molar-refractivity contribution >= 4 is 11.0 Å². The van der Waals surface area contributed by atoms with Gasteiger partial charge in [-0.15, -0.1) is 5.10 Å². The van der Waals surface area contributed by atoms with E-state index in [4.69, 9.17) is 0 Å². The molecule has 1 aromatic carbocycles. The SMILES string of the molecule is c1ccc2c(c1)nnn2C1CCCc2cncn21. The molecule has 3 aromatic rings. The van der Waals surface area contributed by atoms with Crippen LogP contribution in [0.5, 0.6) is 0 Å². The first-order valence-corrected chi connectivity index (χ1v) is 6.24. The maximum absolute atomic E-state index is 4.32. The van der Waals surface area contributed by atoms with Gasteiger partial charge in [0.1, 0.15) is 11.7 Å². The second-order valence-corrected chi connectivity index (χ2v) is 4.69. The lowest BCUT2D eigenvalue weighted by Crippen LogP contribution is -2.24. The number of fused-ring (bicyclic) bond motifs is 2. The van der Waals surface area contributed by atoms with Crippen molar-refractivity contribution in [2.75, 3.05) is 0 Å². The van der Waals surface area contributed by atoms with E-state index in [1.54, 1.807) is 0 Å². The molecule has 0 saturated carbocycles. The fourth-order valence-electron chi connectivity index (χ4n) is 2.75. The Morgan fingerprint density at radius 2 is 2.17 bits per heavy atom. The topological polar surface area (TPSA) is 48.5 Å². The van der Waals surface area contributed by atoms with Gasteiger partial charge < -0.3 is 4.57 Å². The maximum atomic E-state index is 4.32. The Kier molecular flexibility index (Phi) is 2.00. The van der Waals surface area contributed by atoms with Crippen LogP contribution in [0.25, 0.3) is 11.0 Å². The summed E-state index contributed by atoms with van der Waals surface area (Å²) in [5.41, 5.74) is 3.32. The van der Waals surface area contributed by atoms with Crippen molar-refractivity contribution in [1.29, 1.82) is 0 Å². The Hall–Kier alpha value is -2.17. The van der Waals surface area contributed by atoms with Crippen LogP contribution in [0.2, 0.25) is 0 Å². The van der Waals surface area contributed by atoms with Gasteiger partial charge in [-0.25, -0.2) is 9.67 Å². The average molecular weight is 239 g/mol. The molecule has 3 heterocycles. The fourth-order valence-corrected chi connectivity index (χ4v) is 2.75. The van der Waals surface area contributed by atoms with Gasteiger partial charge in [-0.1, -0.05) is 17.3 Å². The highest BCUT2D eigenvalue weighted by atomic mass is 15.5. The van der Waals surface area contributed by atoms with Crippen molar-refractivity contribution in [3.8, 4) is 0 Å². The highest BCUT2D eigenvalue weighted by Crippen LogP contribution is 2.27. The van der Waals surface area contributed by atoms with Gasteiger partial charge in [-0.3, -0.25) is 0 Å². The lowest BCUT2D eigenvalue weighted by Gasteiger charge is -2.25. The third-order valence-electron chi connectivity index (χ3n) is 3.62. The summed E-state index contributed by atoms with van der Waals surface area (Å²) in [6.07, 6.45) is 7.41. The molecule has 18 heavy (non-hydrogen) atoms. The summed E-state index contributed by atoms with van der Waals surface area (Å²) < 4.78 is 4.23. The molecule has 2 aromatic heterocycles. The van der Waals surface area contributed by atoms with Gasteiger partial charge in [0.2, 0.25) is 0 Å². The van der Waals surface area contributed by atoms with E-state index in [1.165, 1.54) is 12.1 Å². The molecule has 1 aliphatic heterocycles. The molecule has 1 atom stereocenters. The van der Waals surface area contributed by atoms with Crippen LogP contribution >= 0.6 is 0 Å². The molecule has 4 rings (SSSR count). The minimum atomic E-state index is 0.212. The van der Waals surface area contributed by atoms with E-state index in [9.17, 15) is 0 Å². The molecule has 1 aliphatic rings. The molecular weight excluding hydrogens is 226 g/mol. The van der Waals surface area contributed by atoms with Gasteiger partial charge in [-0.05, 0) is 31.4 Å². The highest BCUT2D eigenvalue weighted by Gasteiger charge is 2.23. The number of hydrogen-bond acceptors (Lipinski definition) is 3. The van der Waals surface area contributed by atoms with Crippen molar-refractivity contribution in [3.05, 3.63) is 42.5 Å². The summed E-state index contributed by atoms with van der Waals surface area (Å²) in [5.74, 6) is 0. The number of aromatic nitrogens is 5. The third-order valence-corrected chi connectivity index (χ3v) is 3.62. The summed E-state index contributed by atoms with van der Waals surface area (Å²) in [7, 11) is 0. The highest BCUT2D eigenvalue weighted by molar-refractivity contribution is 5.73. The van der Waals surface area contributed by atoms with Gasteiger partial charge in [0.15, 0.2) is 0 Å². The molecule has 0 bridgehead atoms. The van der Waals surface area contributed by atoms with Crippen molar-refractivity contribution in [2.45, 2.75) is 25.4 Å². The zero-order valence-corrected chi connectivity index (χ0v) is 9.90. The third kappa shape index (κ3) is 1.30. The van der Waals surface area contributed by atoms with Crippen LogP contribution in [0, 0.1) is 0 Å². The maximum Gasteiger partial charge on any atom is 0.130 e. The first-order chi connectivity index (χ1) is 8.93. The average Bonchev–Trinajstić information content (AvgIpc) is 3.05. The molecule has 90 valence electrons. The fraction of sp³-hybridized carbons (Fsp3) is 0.308. The summed E-state index contributed by atoms with van der Waals surface area (Å²) in [6, 6.07) is 8.09. The standard InChI is InChI=1S/C13H13N5/c1-2-6-12-11(5-1)15-16-18(12)13-7-3-4-10-8-14-9-17(10)13/h1-2,5-6,8-9,13H,3-4,7H2. The molecule has 0 radical (unpaired) electrons. The van der Waals surface area contributed by atoms with Crippen LogP contribution in [0.4, 0.5) is 0 Å². The summed E-state index contributed by atoms with van der Waals surface area (Å²) >= 11 is 0. The predicted molar refractivity (Wildman–Crippen MR) is 67.1 cm³/mol. The summed E-state index contributed by atoms with van der Waals surface area (Å²) in [6.45, 7) is 0. The van der Waals surface area contributed by atoms with Crippen LogP contribution in [-0.2, 0) is 6.42 Å². The zero-order chi connectivity index (χ0) is 11.9. The van der Waals surface area contributed by atoms with Crippen molar-refractivity contribution in [1.82, 2.24) is 24.5 Å². The molecule has 1 unspecified atom stereocenters. The number of para-hydroxylation sites is 1. The quantitative estimate of drug-likeness (QED) is 0.652. The second kappa shape index (κ2) is 3.66. The Labute approximate surface area is 104 Å². The van der Waals surface area contributed by atoms with Gasteiger partial charge in [0.05, 0.1) is 11.8 Å².